The molecule has 90 valence electrons. The molecule has 1 aromatic carbocycles. The van der Waals surface area contributed by atoms with E-state index in [4.69, 9.17) is 0 Å². The highest BCUT2D eigenvalue weighted by Crippen LogP contribution is 2.47. The van der Waals surface area contributed by atoms with Crippen LogP contribution >= 0.6 is 7.92 Å². The van der Waals surface area contributed by atoms with Gasteiger partial charge in [-0.2, -0.15) is 0 Å². The van der Waals surface area contributed by atoms with Crippen LogP contribution in [0.3, 0.4) is 0 Å². The molecule has 0 spiro atoms. The van der Waals surface area contributed by atoms with Crippen LogP contribution in [-0.2, 0) is 0 Å². The van der Waals surface area contributed by atoms with Gasteiger partial charge in [0.2, 0.25) is 0 Å². The Bertz CT molecular complexity index is 324. The molecule has 0 amide bonds. The van der Waals surface area contributed by atoms with Crippen molar-refractivity contribution < 1.29 is 0 Å². The maximum atomic E-state index is 2.51. The van der Waals surface area contributed by atoms with Crippen molar-refractivity contribution in [2.75, 3.05) is 12.5 Å². The predicted molar refractivity (Wildman–Crippen MR) is 81.0 cm³/mol. The van der Waals surface area contributed by atoms with E-state index in [0.717, 1.165) is 0 Å². The zero-order valence-electron chi connectivity index (χ0n) is 11.5. The first-order valence-electron chi connectivity index (χ1n) is 6.00. The minimum Gasteiger partial charge on any atom is -0.107 e. The Balaban J connectivity index is 2.80. The third kappa shape index (κ3) is 3.71. The highest BCUT2D eigenvalue weighted by molar-refractivity contribution is 7.61. The lowest BCUT2D eigenvalue weighted by atomic mass is 10.3. The van der Waals surface area contributed by atoms with E-state index in [1.807, 2.05) is 0 Å². The van der Waals surface area contributed by atoms with Crippen molar-refractivity contribution in [3.05, 3.63) is 30.3 Å². The summed E-state index contributed by atoms with van der Waals surface area (Å²) < 4.78 is 0. The van der Waals surface area contributed by atoms with Crippen LogP contribution < -0.4 is 5.19 Å². The highest BCUT2D eigenvalue weighted by Gasteiger charge is 2.30. The standard InChI is InChI=1S/C14H25PSi/c1-14(2,3)15(4)12-16(5,6)13-10-8-7-9-11-13/h7-11H,12H2,1-6H3. The highest BCUT2D eigenvalue weighted by atomic mass is 31.1. The van der Waals surface area contributed by atoms with Crippen LogP contribution in [-0.4, -0.2) is 25.7 Å². The maximum Gasteiger partial charge on any atom is 0.0848 e. The molecule has 0 saturated heterocycles. The fourth-order valence-corrected chi connectivity index (χ4v) is 10.3. The van der Waals surface area contributed by atoms with Gasteiger partial charge in [-0.3, -0.25) is 0 Å². The van der Waals surface area contributed by atoms with Gasteiger partial charge in [0.25, 0.3) is 0 Å². The third-order valence-corrected chi connectivity index (χ3v) is 12.6. The summed E-state index contributed by atoms with van der Waals surface area (Å²) >= 11 is 0. The molecule has 0 aliphatic rings. The summed E-state index contributed by atoms with van der Waals surface area (Å²) in [5.41, 5.74) is 0. The molecule has 0 radical (unpaired) electrons. The van der Waals surface area contributed by atoms with Crippen molar-refractivity contribution in [2.45, 2.75) is 39.0 Å². The van der Waals surface area contributed by atoms with E-state index in [2.05, 4.69) is 70.9 Å². The lowest BCUT2D eigenvalue weighted by Crippen LogP contribution is -2.45. The number of hydrogen-bond donors (Lipinski definition) is 0. The molecule has 0 aliphatic heterocycles. The van der Waals surface area contributed by atoms with E-state index in [1.54, 1.807) is 5.19 Å². The van der Waals surface area contributed by atoms with Gasteiger partial charge in [-0.15, -0.1) is 7.92 Å². The van der Waals surface area contributed by atoms with Gasteiger partial charge >= 0.3 is 0 Å². The van der Waals surface area contributed by atoms with Crippen molar-refractivity contribution in [1.82, 2.24) is 0 Å². The molecule has 1 rings (SSSR count). The molecule has 0 fully saturated rings. The molecule has 2 heteroatoms. The Morgan fingerprint density at radius 1 is 1.06 bits per heavy atom. The van der Waals surface area contributed by atoms with E-state index in [0.29, 0.717) is 5.16 Å². The third-order valence-electron chi connectivity index (χ3n) is 3.33. The van der Waals surface area contributed by atoms with Crippen LogP contribution in [0.15, 0.2) is 30.3 Å². The Morgan fingerprint density at radius 2 is 1.56 bits per heavy atom. The van der Waals surface area contributed by atoms with Crippen molar-refractivity contribution >= 4 is 21.2 Å². The zero-order chi connectivity index (χ0) is 12.4. The summed E-state index contributed by atoms with van der Waals surface area (Å²) in [6.45, 7) is 14.6. The summed E-state index contributed by atoms with van der Waals surface area (Å²) in [6, 6.07) is 11.1. The van der Waals surface area contributed by atoms with Gasteiger partial charge in [-0.05, 0) is 17.6 Å². The Labute approximate surface area is 103 Å². The number of rotatable bonds is 3. The first kappa shape index (κ1) is 13.9. The molecule has 0 bridgehead atoms. The van der Waals surface area contributed by atoms with E-state index in [1.165, 1.54) is 5.79 Å². The summed E-state index contributed by atoms with van der Waals surface area (Å²) in [5.74, 6) is 1.44. The van der Waals surface area contributed by atoms with Gasteiger partial charge in [0.1, 0.15) is 0 Å². The quantitative estimate of drug-likeness (QED) is 0.562. The van der Waals surface area contributed by atoms with Crippen LogP contribution in [0, 0.1) is 0 Å². The lowest BCUT2D eigenvalue weighted by Gasteiger charge is -2.34. The van der Waals surface area contributed by atoms with Gasteiger partial charge in [0.05, 0.1) is 8.07 Å². The molecule has 0 saturated carbocycles. The SMILES string of the molecule is CP(C[Si](C)(C)c1ccccc1)C(C)(C)C. The fourth-order valence-electron chi connectivity index (χ4n) is 1.81. The van der Waals surface area contributed by atoms with Gasteiger partial charge in [-0.1, -0.05) is 69.4 Å². The van der Waals surface area contributed by atoms with E-state index in [-0.39, 0.29) is 7.92 Å². The monoisotopic (exact) mass is 252 g/mol. The van der Waals surface area contributed by atoms with Gasteiger partial charge < -0.3 is 0 Å². The fraction of sp³-hybridized carbons (Fsp3) is 0.571. The predicted octanol–water partition coefficient (Wildman–Crippen LogP) is 4.05. The molecule has 1 aromatic rings. The van der Waals surface area contributed by atoms with E-state index < -0.39 is 8.07 Å². The second-order valence-electron chi connectivity index (χ2n) is 6.28. The molecule has 16 heavy (non-hydrogen) atoms. The topological polar surface area (TPSA) is 0 Å². The average molecular weight is 252 g/mol. The van der Waals surface area contributed by atoms with Crippen molar-refractivity contribution in [3.8, 4) is 0 Å². The normalized spacial score (nSPS) is 14.9. The minimum atomic E-state index is -1.22. The first-order chi connectivity index (χ1) is 7.23. The van der Waals surface area contributed by atoms with Crippen LogP contribution in [0.4, 0.5) is 0 Å². The number of benzene rings is 1. The largest absolute Gasteiger partial charge is 0.107 e. The van der Waals surface area contributed by atoms with Crippen molar-refractivity contribution in [2.24, 2.45) is 0 Å². The van der Waals surface area contributed by atoms with Crippen molar-refractivity contribution in [3.63, 3.8) is 0 Å². The molecule has 1 unspecified atom stereocenters. The molecule has 0 aromatic heterocycles. The molecular weight excluding hydrogens is 227 g/mol. The number of hydrogen-bond acceptors (Lipinski definition) is 0. The molecule has 0 heterocycles. The summed E-state index contributed by atoms with van der Waals surface area (Å²) in [4.78, 5) is 0. The lowest BCUT2D eigenvalue weighted by molar-refractivity contribution is 0.787. The molecule has 0 aliphatic carbocycles. The molecule has 0 nitrogen and oxygen atoms in total. The van der Waals surface area contributed by atoms with Gasteiger partial charge in [0, 0.05) is 0 Å². The minimum absolute atomic E-state index is 0.128. The van der Waals surface area contributed by atoms with E-state index >= 15 is 0 Å². The first-order valence-corrected chi connectivity index (χ1v) is 11.2. The van der Waals surface area contributed by atoms with Gasteiger partial charge in [0.15, 0.2) is 0 Å². The van der Waals surface area contributed by atoms with Crippen molar-refractivity contribution in [1.29, 1.82) is 0 Å². The van der Waals surface area contributed by atoms with Crippen LogP contribution in [0.25, 0.3) is 0 Å². The second-order valence-corrected chi connectivity index (χ2v) is 14.6. The van der Waals surface area contributed by atoms with Crippen LogP contribution in [0.5, 0.6) is 0 Å². The zero-order valence-corrected chi connectivity index (χ0v) is 13.4. The Hall–Kier alpha value is -0.133. The van der Waals surface area contributed by atoms with E-state index in [9.17, 15) is 0 Å². The van der Waals surface area contributed by atoms with Crippen LogP contribution in [0.1, 0.15) is 20.8 Å². The Morgan fingerprint density at radius 3 is 2.00 bits per heavy atom. The Kier molecular flexibility index (Phi) is 4.37. The van der Waals surface area contributed by atoms with Crippen LogP contribution in [0.2, 0.25) is 13.1 Å². The maximum absolute atomic E-state index is 2.51. The molecule has 1 atom stereocenters. The summed E-state index contributed by atoms with van der Waals surface area (Å²) in [7, 11) is -1.10. The molecular formula is C14H25PSi. The summed E-state index contributed by atoms with van der Waals surface area (Å²) in [5, 5.41) is 2.10. The summed E-state index contributed by atoms with van der Waals surface area (Å²) in [6.07, 6.45) is 0. The molecule has 0 N–H and O–H groups in total. The second kappa shape index (κ2) is 5.02. The smallest absolute Gasteiger partial charge is 0.0848 e. The average Bonchev–Trinajstić information content (AvgIpc) is 2.17. The van der Waals surface area contributed by atoms with Gasteiger partial charge in [-0.25, -0.2) is 0 Å².